The summed E-state index contributed by atoms with van der Waals surface area (Å²) < 4.78 is 0. The van der Waals surface area contributed by atoms with Crippen LogP contribution in [0.4, 0.5) is 0 Å². The number of ketones is 2. The molecule has 4 nitrogen and oxygen atoms in total. The van der Waals surface area contributed by atoms with Crippen molar-refractivity contribution in [2.75, 3.05) is 6.54 Å². The highest BCUT2D eigenvalue weighted by molar-refractivity contribution is 6.04. The van der Waals surface area contributed by atoms with Crippen LogP contribution in [0.2, 0.25) is 0 Å². The lowest BCUT2D eigenvalue weighted by Gasteiger charge is -2.14. The molecule has 3 rings (SSSR count). The minimum absolute atomic E-state index is 0.0206. The van der Waals surface area contributed by atoms with Gasteiger partial charge in [0.05, 0.1) is 12.2 Å². The lowest BCUT2D eigenvalue weighted by atomic mass is 10.0. The van der Waals surface area contributed by atoms with E-state index in [4.69, 9.17) is 0 Å². The van der Waals surface area contributed by atoms with E-state index in [2.05, 4.69) is 40.6 Å². The molecule has 0 radical (unpaired) electrons. The fourth-order valence-corrected chi connectivity index (χ4v) is 3.49. The van der Waals surface area contributed by atoms with E-state index in [0.29, 0.717) is 11.3 Å². The molecule has 0 bridgehead atoms. The summed E-state index contributed by atoms with van der Waals surface area (Å²) in [6.45, 7) is 7.43. The maximum absolute atomic E-state index is 12.6. The molecule has 0 saturated carbocycles. The first-order valence-corrected chi connectivity index (χ1v) is 8.84. The average molecular weight is 348 g/mol. The summed E-state index contributed by atoms with van der Waals surface area (Å²) in [5, 5.41) is 5.68. The van der Waals surface area contributed by atoms with E-state index >= 15 is 0 Å². The molecule has 1 aromatic heterocycles. The number of fused-ring (bicyclic) bond motifs is 1. The molecule has 0 aliphatic carbocycles. The van der Waals surface area contributed by atoms with Gasteiger partial charge < -0.3 is 10.3 Å². The maximum atomic E-state index is 12.6. The van der Waals surface area contributed by atoms with Crippen LogP contribution in [0, 0.1) is 13.8 Å². The first-order valence-electron chi connectivity index (χ1n) is 8.84. The Morgan fingerprint density at radius 2 is 1.77 bits per heavy atom. The van der Waals surface area contributed by atoms with E-state index in [1.165, 1.54) is 17.7 Å². The molecule has 1 atom stereocenters. The van der Waals surface area contributed by atoms with E-state index in [1.807, 2.05) is 32.9 Å². The number of aromatic nitrogens is 1. The van der Waals surface area contributed by atoms with Crippen LogP contribution in [0.25, 0.3) is 10.8 Å². The Kier molecular flexibility index (Phi) is 5.05. The second-order valence-corrected chi connectivity index (χ2v) is 6.81. The Balaban J connectivity index is 1.72. The van der Waals surface area contributed by atoms with Gasteiger partial charge >= 0.3 is 0 Å². The van der Waals surface area contributed by atoms with Gasteiger partial charge in [0.2, 0.25) is 0 Å². The summed E-state index contributed by atoms with van der Waals surface area (Å²) in [7, 11) is 0. The van der Waals surface area contributed by atoms with Crippen molar-refractivity contribution in [2.45, 2.75) is 33.7 Å². The highest BCUT2D eigenvalue weighted by atomic mass is 16.1. The third-order valence-corrected chi connectivity index (χ3v) is 4.91. The molecule has 0 aliphatic rings. The highest BCUT2D eigenvalue weighted by Gasteiger charge is 2.20. The lowest BCUT2D eigenvalue weighted by Crippen LogP contribution is -2.26. The zero-order chi connectivity index (χ0) is 18.8. The molecule has 1 heterocycles. The minimum atomic E-state index is -0.0364. The van der Waals surface area contributed by atoms with E-state index < -0.39 is 0 Å². The molecule has 0 fully saturated rings. The SMILES string of the molecule is CC(=O)c1c(C)[nH]c(C(=O)CNC(C)c2ccc3ccccc3c2)c1C. The van der Waals surface area contributed by atoms with Gasteiger partial charge in [0.1, 0.15) is 0 Å². The summed E-state index contributed by atoms with van der Waals surface area (Å²) >= 11 is 0. The van der Waals surface area contributed by atoms with Gasteiger partial charge in [-0.1, -0.05) is 36.4 Å². The van der Waals surface area contributed by atoms with Crippen LogP contribution in [0.1, 0.15) is 57.6 Å². The predicted octanol–water partition coefficient (Wildman–Crippen LogP) is 4.52. The van der Waals surface area contributed by atoms with Gasteiger partial charge in [-0.3, -0.25) is 9.59 Å². The topological polar surface area (TPSA) is 62.0 Å². The van der Waals surface area contributed by atoms with Crippen molar-refractivity contribution in [1.82, 2.24) is 10.3 Å². The third kappa shape index (κ3) is 3.46. The summed E-state index contributed by atoms with van der Waals surface area (Å²) in [4.78, 5) is 27.4. The number of benzene rings is 2. The van der Waals surface area contributed by atoms with Crippen LogP contribution in [0.15, 0.2) is 42.5 Å². The summed E-state index contributed by atoms with van der Waals surface area (Å²) in [6.07, 6.45) is 0. The Morgan fingerprint density at radius 1 is 1.08 bits per heavy atom. The molecule has 0 spiro atoms. The molecule has 4 heteroatoms. The smallest absolute Gasteiger partial charge is 0.193 e. The van der Waals surface area contributed by atoms with Crippen molar-refractivity contribution in [3.63, 3.8) is 0 Å². The second kappa shape index (κ2) is 7.26. The number of carbonyl (C=O) groups excluding carboxylic acids is 2. The first kappa shape index (κ1) is 18.1. The number of H-pyrrole nitrogens is 1. The van der Waals surface area contributed by atoms with Gasteiger partial charge in [-0.15, -0.1) is 0 Å². The molecule has 3 aromatic rings. The standard InChI is InChI=1S/C22H24N2O2/c1-13-21(16(4)25)15(3)24-22(13)20(26)12-23-14(2)18-10-9-17-7-5-6-8-19(17)11-18/h5-11,14,23-24H,12H2,1-4H3. The number of carbonyl (C=O) groups is 2. The monoisotopic (exact) mass is 348 g/mol. The third-order valence-electron chi connectivity index (χ3n) is 4.91. The van der Waals surface area contributed by atoms with Gasteiger partial charge in [0.25, 0.3) is 0 Å². The van der Waals surface area contributed by atoms with Crippen LogP contribution in [0.5, 0.6) is 0 Å². The van der Waals surface area contributed by atoms with Crippen molar-refractivity contribution in [1.29, 1.82) is 0 Å². The van der Waals surface area contributed by atoms with E-state index in [9.17, 15) is 9.59 Å². The number of aromatic amines is 1. The van der Waals surface area contributed by atoms with Crippen LogP contribution < -0.4 is 5.32 Å². The molecule has 1 unspecified atom stereocenters. The molecule has 0 amide bonds. The Labute approximate surface area is 153 Å². The van der Waals surface area contributed by atoms with Crippen LogP contribution in [0.3, 0.4) is 0 Å². The number of Topliss-reactive ketones (excluding diaryl/α,β-unsaturated/α-hetero) is 2. The summed E-state index contributed by atoms with van der Waals surface area (Å²) in [5.41, 5.74) is 3.77. The number of aryl methyl sites for hydroxylation is 1. The van der Waals surface area contributed by atoms with Crippen molar-refractivity contribution in [2.24, 2.45) is 0 Å². The fraction of sp³-hybridized carbons (Fsp3) is 0.273. The Bertz CT molecular complexity index is 985. The molecular weight excluding hydrogens is 324 g/mol. The summed E-state index contributed by atoms with van der Waals surface area (Å²) in [5.74, 6) is -0.0569. The minimum Gasteiger partial charge on any atom is -0.355 e. The highest BCUT2D eigenvalue weighted by Crippen LogP contribution is 2.21. The number of hydrogen-bond acceptors (Lipinski definition) is 3. The number of hydrogen-bond donors (Lipinski definition) is 2. The van der Waals surface area contributed by atoms with E-state index in [-0.39, 0.29) is 24.2 Å². The average Bonchev–Trinajstić information content (AvgIpc) is 2.93. The molecule has 0 saturated heterocycles. The van der Waals surface area contributed by atoms with Crippen LogP contribution >= 0.6 is 0 Å². The van der Waals surface area contributed by atoms with Gasteiger partial charge in [-0.25, -0.2) is 0 Å². The fourth-order valence-electron chi connectivity index (χ4n) is 3.49. The summed E-state index contributed by atoms with van der Waals surface area (Å²) in [6, 6.07) is 14.6. The van der Waals surface area contributed by atoms with E-state index in [1.54, 1.807) is 0 Å². The maximum Gasteiger partial charge on any atom is 0.193 e. The molecule has 2 N–H and O–H groups in total. The lowest BCUT2D eigenvalue weighted by molar-refractivity contribution is 0.0982. The first-order chi connectivity index (χ1) is 12.4. The number of rotatable bonds is 6. The Hall–Kier alpha value is -2.72. The van der Waals surface area contributed by atoms with Crippen molar-refractivity contribution in [3.8, 4) is 0 Å². The largest absolute Gasteiger partial charge is 0.355 e. The molecular formula is C22H24N2O2. The molecule has 2 aromatic carbocycles. The van der Waals surface area contributed by atoms with Crippen molar-refractivity contribution in [3.05, 3.63) is 70.5 Å². The normalized spacial score (nSPS) is 12.3. The molecule has 0 aliphatic heterocycles. The van der Waals surface area contributed by atoms with Gasteiger partial charge in [-0.05, 0) is 55.7 Å². The van der Waals surface area contributed by atoms with Gasteiger partial charge in [-0.2, -0.15) is 0 Å². The predicted molar refractivity (Wildman–Crippen MR) is 105 cm³/mol. The number of nitrogens with one attached hydrogen (secondary N) is 2. The van der Waals surface area contributed by atoms with Gasteiger partial charge in [0.15, 0.2) is 11.6 Å². The zero-order valence-electron chi connectivity index (χ0n) is 15.6. The molecule has 134 valence electrons. The molecule has 26 heavy (non-hydrogen) atoms. The van der Waals surface area contributed by atoms with Gasteiger partial charge in [0, 0.05) is 17.3 Å². The van der Waals surface area contributed by atoms with Crippen molar-refractivity contribution < 1.29 is 9.59 Å². The van der Waals surface area contributed by atoms with Crippen molar-refractivity contribution >= 4 is 22.3 Å². The van der Waals surface area contributed by atoms with Crippen LogP contribution in [-0.2, 0) is 0 Å². The Morgan fingerprint density at radius 3 is 2.42 bits per heavy atom. The quantitative estimate of drug-likeness (QED) is 0.644. The van der Waals surface area contributed by atoms with Crippen LogP contribution in [-0.4, -0.2) is 23.1 Å². The zero-order valence-corrected chi connectivity index (χ0v) is 15.6. The van der Waals surface area contributed by atoms with E-state index in [0.717, 1.165) is 16.8 Å². The second-order valence-electron chi connectivity index (χ2n) is 6.81.